The van der Waals surface area contributed by atoms with Crippen LogP contribution in [0.25, 0.3) is 10.9 Å². The molecule has 0 amide bonds. The second kappa shape index (κ2) is 3.11. The fourth-order valence-corrected chi connectivity index (χ4v) is 2.21. The molecule has 1 saturated carbocycles. The summed E-state index contributed by atoms with van der Waals surface area (Å²) in [5.74, 6) is 0.776. The fourth-order valence-electron chi connectivity index (χ4n) is 2.21. The van der Waals surface area contributed by atoms with Crippen LogP contribution in [-0.2, 0) is 0 Å². The Morgan fingerprint density at radius 3 is 2.87 bits per heavy atom. The Kier molecular flexibility index (Phi) is 1.86. The molecule has 1 aliphatic carbocycles. The lowest BCUT2D eigenvalue weighted by Crippen LogP contribution is -2.04. The van der Waals surface area contributed by atoms with Crippen molar-refractivity contribution in [2.75, 3.05) is 0 Å². The van der Waals surface area contributed by atoms with E-state index >= 15 is 0 Å². The molecule has 0 aliphatic heterocycles. The maximum Gasteiger partial charge on any atom is 0.0459 e. The molecule has 1 atom stereocenters. The summed E-state index contributed by atoms with van der Waals surface area (Å²) in [4.78, 5) is 3.50. The number of hydrogen-bond donors (Lipinski definition) is 2. The van der Waals surface area contributed by atoms with Crippen LogP contribution in [0.4, 0.5) is 0 Å². The van der Waals surface area contributed by atoms with E-state index in [0.717, 1.165) is 5.92 Å². The molecular weight excluding hydrogens is 184 g/mol. The molecule has 0 radical (unpaired) electrons. The first-order chi connectivity index (χ1) is 7.25. The van der Waals surface area contributed by atoms with Gasteiger partial charge in [-0.1, -0.05) is 12.1 Å². The van der Waals surface area contributed by atoms with Gasteiger partial charge in [-0.2, -0.15) is 0 Å². The Morgan fingerprint density at radius 2 is 2.20 bits per heavy atom. The van der Waals surface area contributed by atoms with Crippen molar-refractivity contribution in [3.63, 3.8) is 0 Å². The summed E-state index contributed by atoms with van der Waals surface area (Å²) < 4.78 is 0. The summed E-state index contributed by atoms with van der Waals surface area (Å²) in [6.07, 6.45) is 2.67. The molecule has 1 aromatic heterocycles. The average molecular weight is 200 g/mol. The summed E-state index contributed by atoms with van der Waals surface area (Å²) in [6, 6.07) is 8.72. The number of hydrogen-bond acceptors (Lipinski definition) is 1. The lowest BCUT2D eigenvalue weighted by molar-refractivity contribution is 0.827. The average Bonchev–Trinajstić information content (AvgIpc) is 2.96. The van der Waals surface area contributed by atoms with Crippen LogP contribution in [0, 0.1) is 0 Å². The second-order valence-electron chi connectivity index (χ2n) is 4.60. The van der Waals surface area contributed by atoms with E-state index in [1.807, 2.05) is 6.92 Å². The van der Waals surface area contributed by atoms with Gasteiger partial charge in [-0.25, -0.2) is 0 Å². The van der Waals surface area contributed by atoms with Crippen molar-refractivity contribution in [1.29, 1.82) is 0 Å². The van der Waals surface area contributed by atoms with E-state index in [1.54, 1.807) is 0 Å². The molecule has 0 bridgehead atoms. The Hall–Kier alpha value is -1.28. The number of aromatic amines is 1. The van der Waals surface area contributed by atoms with Crippen molar-refractivity contribution in [2.45, 2.75) is 31.7 Å². The quantitative estimate of drug-likeness (QED) is 0.768. The van der Waals surface area contributed by atoms with Gasteiger partial charge in [0.1, 0.15) is 0 Å². The van der Waals surface area contributed by atoms with E-state index < -0.39 is 0 Å². The van der Waals surface area contributed by atoms with E-state index in [4.69, 9.17) is 5.73 Å². The summed E-state index contributed by atoms with van der Waals surface area (Å²) in [5.41, 5.74) is 9.83. The van der Waals surface area contributed by atoms with E-state index in [0.29, 0.717) is 0 Å². The standard InChI is InChI=1S/C13H16N2/c1-8(14)10-3-2-4-12-11(10)7-13(15-12)9-5-6-9/h2-4,7-9,15H,5-6,14H2,1H3. The molecule has 3 rings (SSSR count). The summed E-state index contributed by atoms with van der Waals surface area (Å²) >= 11 is 0. The molecule has 1 aliphatic rings. The summed E-state index contributed by atoms with van der Waals surface area (Å²) in [6.45, 7) is 2.04. The van der Waals surface area contributed by atoms with Crippen LogP contribution < -0.4 is 5.73 Å². The van der Waals surface area contributed by atoms with Crippen molar-refractivity contribution in [3.8, 4) is 0 Å². The zero-order valence-corrected chi connectivity index (χ0v) is 8.96. The number of rotatable bonds is 2. The third kappa shape index (κ3) is 1.45. The molecule has 0 saturated heterocycles. The highest BCUT2D eigenvalue weighted by Gasteiger charge is 2.25. The Balaban J connectivity index is 2.19. The van der Waals surface area contributed by atoms with Gasteiger partial charge in [0.05, 0.1) is 0 Å². The van der Waals surface area contributed by atoms with E-state index in [2.05, 4.69) is 29.2 Å². The molecule has 15 heavy (non-hydrogen) atoms. The number of aromatic nitrogens is 1. The Labute approximate surface area is 89.5 Å². The minimum atomic E-state index is 0.108. The molecule has 78 valence electrons. The first kappa shape index (κ1) is 8.98. The Bertz CT molecular complexity index is 492. The van der Waals surface area contributed by atoms with Gasteiger partial charge >= 0.3 is 0 Å². The fraction of sp³-hybridized carbons (Fsp3) is 0.385. The number of nitrogens with one attached hydrogen (secondary N) is 1. The van der Waals surface area contributed by atoms with Crippen molar-refractivity contribution in [1.82, 2.24) is 4.98 Å². The van der Waals surface area contributed by atoms with Crippen molar-refractivity contribution < 1.29 is 0 Å². The van der Waals surface area contributed by atoms with Gasteiger partial charge in [0.25, 0.3) is 0 Å². The van der Waals surface area contributed by atoms with Crippen LogP contribution in [-0.4, -0.2) is 4.98 Å². The number of benzene rings is 1. The van der Waals surface area contributed by atoms with Crippen molar-refractivity contribution in [3.05, 3.63) is 35.5 Å². The van der Waals surface area contributed by atoms with Gasteiger partial charge in [-0.3, -0.25) is 0 Å². The van der Waals surface area contributed by atoms with Crippen LogP contribution in [0.15, 0.2) is 24.3 Å². The third-order valence-corrected chi connectivity index (χ3v) is 3.23. The van der Waals surface area contributed by atoms with Gasteiger partial charge in [0.15, 0.2) is 0 Å². The zero-order valence-electron chi connectivity index (χ0n) is 8.96. The van der Waals surface area contributed by atoms with Crippen LogP contribution in [0.5, 0.6) is 0 Å². The van der Waals surface area contributed by atoms with Crippen LogP contribution in [0.3, 0.4) is 0 Å². The van der Waals surface area contributed by atoms with Crippen LogP contribution >= 0.6 is 0 Å². The maximum absolute atomic E-state index is 5.97. The Morgan fingerprint density at radius 1 is 1.40 bits per heavy atom. The number of H-pyrrole nitrogens is 1. The minimum Gasteiger partial charge on any atom is -0.358 e. The number of fused-ring (bicyclic) bond motifs is 1. The van der Waals surface area contributed by atoms with Crippen LogP contribution in [0.2, 0.25) is 0 Å². The number of nitrogens with two attached hydrogens (primary N) is 1. The molecule has 3 N–H and O–H groups in total. The van der Waals surface area contributed by atoms with E-state index in [9.17, 15) is 0 Å². The first-order valence-electron chi connectivity index (χ1n) is 5.63. The largest absolute Gasteiger partial charge is 0.358 e. The molecule has 1 aromatic carbocycles. The van der Waals surface area contributed by atoms with E-state index in [-0.39, 0.29) is 6.04 Å². The smallest absolute Gasteiger partial charge is 0.0459 e. The normalized spacial score (nSPS) is 18.3. The van der Waals surface area contributed by atoms with Gasteiger partial charge in [0.2, 0.25) is 0 Å². The lowest BCUT2D eigenvalue weighted by Gasteiger charge is -2.06. The molecule has 2 heteroatoms. The van der Waals surface area contributed by atoms with Crippen molar-refractivity contribution in [2.24, 2.45) is 5.73 Å². The van der Waals surface area contributed by atoms with Crippen LogP contribution in [0.1, 0.15) is 43.0 Å². The highest BCUT2D eigenvalue weighted by atomic mass is 14.7. The van der Waals surface area contributed by atoms with Gasteiger partial charge < -0.3 is 10.7 Å². The SMILES string of the molecule is CC(N)c1cccc2[nH]c(C3CC3)cc12. The highest BCUT2D eigenvalue weighted by Crippen LogP contribution is 2.41. The van der Waals surface area contributed by atoms with Gasteiger partial charge in [-0.15, -0.1) is 0 Å². The molecule has 0 spiro atoms. The third-order valence-electron chi connectivity index (χ3n) is 3.23. The topological polar surface area (TPSA) is 41.8 Å². The monoisotopic (exact) mass is 200 g/mol. The molecule has 1 fully saturated rings. The molecule has 2 aromatic rings. The second-order valence-corrected chi connectivity index (χ2v) is 4.60. The zero-order chi connectivity index (χ0) is 10.4. The maximum atomic E-state index is 5.97. The highest BCUT2D eigenvalue weighted by molar-refractivity contribution is 5.84. The minimum absolute atomic E-state index is 0.108. The predicted molar refractivity (Wildman–Crippen MR) is 62.9 cm³/mol. The first-order valence-corrected chi connectivity index (χ1v) is 5.63. The summed E-state index contributed by atoms with van der Waals surface area (Å²) in [5, 5.41) is 1.30. The van der Waals surface area contributed by atoms with E-state index in [1.165, 1.54) is 35.0 Å². The molecule has 2 nitrogen and oxygen atoms in total. The van der Waals surface area contributed by atoms with Gasteiger partial charge in [-0.05, 0) is 43.4 Å². The van der Waals surface area contributed by atoms with Gasteiger partial charge in [0, 0.05) is 22.6 Å². The predicted octanol–water partition coefficient (Wildman–Crippen LogP) is 3.07. The molecule has 1 heterocycles. The molecular formula is C13H16N2. The van der Waals surface area contributed by atoms with Crippen molar-refractivity contribution >= 4 is 10.9 Å². The molecule has 1 unspecified atom stereocenters. The summed E-state index contributed by atoms with van der Waals surface area (Å²) in [7, 11) is 0. The lowest BCUT2D eigenvalue weighted by atomic mass is 10.0.